The number of H-pyrrole nitrogens is 1. The van der Waals surface area contributed by atoms with Gasteiger partial charge < -0.3 is 15.0 Å². The summed E-state index contributed by atoms with van der Waals surface area (Å²) in [4.78, 5) is 26.9. The topological polar surface area (TPSA) is 105 Å². The maximum atomic E-state index is 12.3. The molecule has 3 rings (SSSR count). The molecule has 0 saturated heterocycles. The maximum Gasteiger partial charge on any atom is 0.248 e. The van der Waals surface area contributed by atoms with E-state index in [1.807, 2.05) is 0 Å². The van der Waals surface area contributed by atoms with E-state index in [1.54, 1.807) is 43.5 Å². The highest BCUT2D eigenvalue weighted by molar-refractivity contribution is 7.91. The quantitative estimate of drug-likeness (QED) is 0.634. The van der Waals surface area contributed by atoms with Gasteiger partial charge in [0.2, 0.25) is 11.5 Å². The summed E-state index contributed by atoms with van der Waals surface area (Å²) in [7, 11) is -1.98. The van der Waals surface area contributed by atoms with Crippen molar-refractivity contribution < 1.29 is 17.9 Å². The number of ether oxygens (including phenoxy) is 1. The van der Waals surface area contributed by atoms with Crippen LogP contribution in [-0.4, -0.2) is 32.2 Å². The van der Waals surface area contributed by atoms with Crippen LogP contribution in [0.15, 0.2) is 64.3 Å². The first-order valence-electron chi connectivity index (χ1n) is 8.61. The lowest BCUT2D eigenvalue weighted by Crippen LogP contribution is -2.17. The maximum absolute atomic E-state index is 12.3. The van der Waals surface area contributed by atoms with Crippen molar-refractivity contribution in [3.63, 3.8) is 0 Å². The van der Waals surface area contributed by atoms with Gasteiger partial charge in [-0.05, 0) is 29.8 Å². The van der Waals surface area contributed by atoms with Crippen LogP contribution in [0.25, 0.3) is 10.9 Å². The van der Waals surface area contributed by atoms with Gasteiger partial charge in [0, 0.05) is 30.7 Å². The summed E-state index contributed by atoms with van der Waals surface area (Å²) in [5, 5.41) is 3.48. The zero-order valence-corrected chi connectivity index (χ0v) is 16.1. The summed E-state index contributed by atoms with van der Waals surface area (Å²) in [6, 6.07) is 14.6. The average Bonchev–Trinajstić information content (AvgIpc) is 2.67. The van der Waals surface area contributed by atoms with E-state index in [1.165, 1.54) is 18.2 Å². The highest BCUT2D eigenvalue weighted by Gasteiger charge is 2.16. The molecular weight excluding hydrogens is 380 g/mol. The second-order valence-corrected chi connectivity index (χ2v) is 8.39. The van der Waals surface area contributed by atoms with Gasteiger partial charge in [-0.2, -0.15) is 0 Å². The summed E-state index contributed by atoms with van der Waals surface area (Å²) in [5.74, 6) is -0.708. The Balaban J connectivity index is 1.72. The second kappa shape index (κ2) is 8.37. The third-order valence-corrected chi connectivity index (χ3v) is 5.94. The van der Waals surface area contributed by atoms with E-state index >= 15 is 0 Å². The van der Waals surface area contributed by atoms with Crippen molar-refractivity contribution in [2.75, 3.05) is 18.2 Å². The smallest absolute Gasteiger partial charge is 0.248 e. The minimum absolute atomic E-state index is 0.171. The van der Waals surface area contributed by atoms with E-state index in [9.17, 15) is 18.0 Å². The molecular formula is C20H20N2O5S. The molecule has 8 heteroatoms. The predicted octanol–water partition coefficient (Wildman–Crippen LogP) is 2.48. The molecule has 0 unspecified atom stereocenters. The number of nitrogens with one attached hydrogen (secondary N) is 2. The van der Waals surface area contributed by atoms with Gasteiger partial charge in [0.1, 0.15) is 0 Å². The van der Waals surface area contributed by atoms with Crippen LogP contribution in [0.3, 0.4) is 0 Å². The molecule has 0 spiro atoms. The van der Waals surface area contributed by atoms with Crippen molar-refractivity contribution in [1.29, 1.82) is 0 Å². The van der Waals surface area contributed by atoms with E-state index in [-0.39, 0.29) is 22.6 Å². The number of carbonyl (C=O) groups is 1. The number of rotatable bonds is 7. The van der Waals surface area contributed by atoms with Crippen molar-refractivity contribution in [3.8, 4) is 0 Å². The number of pyridine rings is 1. The number of hydrogen-bond donors (Lipinski definition) is 2. The van der Waals surface area contributed by atoms with Crippen molar-refractivity contribution in [2.45, 2.75) is 17.9 Å². The molecule has 0 fully saturated rings. The first kappa shape index (κ1) is 19.8. The number of hydrogen-bond acceptors (Lipinski definition) is 5. The lowest BCUT2D eigenvalue weighted by molar-refractivity contribution is -0.115. The Labute approximate surface area is 162 Å². The highest BCUT2D eigenvalue weighted by Crippen LogP contribution is 2.20. The Hall–Kier alpha value is -2.97. The molecule has 3 aromatic rings. The lowest BCUT2D eigenvalue weighted by atomic mass is 10.1. The van der Waals surface area contributed by atoms with Crippen molar-refractivity contribution >= 4 is 32.3 Å². The molecule has 28 heavy (non-hydrogen) atoms. The standard InChI is InChI=1S/C20H20N2O5S/c1-27-13-14-11-20(24)22-18-12-15(7-8-17(14)18)21-19(23)9-10-28(25,26)16-5-3-2-4-6-16/h2-8,11-12H,9-10,13H2,1H3,(H,21,23)(H,22,24). The molecule has 0 bridgehead atoms. The summed E-state index contributed by atoms with van der Waals surface area (Å²) in [6.45, 7) is 0.295. The van der Waals surface area contributed by atoms with Crippen LogP contribution in [0.4, 0.5) is 5.69 Å². The zero-order chi connectivity index (χ0) is 20.1. The summed E-state index contributed by atoms with van der Waals surface area (Å²) >= 11 is 0. The number of aromatic amines is 1. The Morgan fingerprint density at radius 1 is 1.11 bits per heavy atom. The Kier molecular flexibility index (Phi) is 5.91. The molecule has 0 aliphatic heterocycles. The van der Waals surface area contributed by atoms with Gasteiger partial charge in [0.05, 0.1) is 22.8 Å². The zero-order valence-electron chi connectivity index (χ0n) is 15.3. The molecule has 0 aliphatic rings. The fraction of sp³-hybridized carbons (Fsp3) is 0.200. The first-order valence-corrected chi connectivity index (χ1v) is 10.3. The van der Waals surface area contributed by atoms with Gasteiger partial charge in [-0.1, -0.05) is 24.3 Å². The fourth-order valence-corrected chi connectivity index (χ4v) is 4.14. The normalized spacial score (nSPS) is 11.5. The molecule has 2 aromatic carbocycles. The Morgan fingerprint density at radius 2 is 1.86 bits per heavy atom. The van der Waals surface area contributed by atoms with Gasteiger partial charge in [0.25, 0.3) is 0 Å². The molecule has 0 atom stereocenters. The van der Waals surface area contributed by atoms with Gasteiger partial charge in [-0.3, -0.25) is 9.59 Å². The summed E-state index contributed by atoms with van der Waals surface area (Å²) in [6.07, 6.45) is -0.171. The van der Waals surface area contributed by atoms with Gasteiger partial charge in [-0.15, -0.1) is 0 Å². The number of amides is 1. The minimum atomic E-state index is -3.52. The number of fused-ring (bicyclic) bond motifs is 1. The monoisotopic (exact) mass is 400 g/mol. The number of aromatic nitrogens is 1. The molecule has 2 N–H and O–H groups in total. The number of anilines is 1. The number of carbonyl (C=O) groups excluding carboxylic acids is 1. The van der Waals surface area contributed by atoms with Crippen LogP contribution in [0, 0.1) is 0 Å². The molecule has 0 saturated carbocycles. The van der Waals surface area contributed by atoms with Crippen LogP contribution in [-0.2, 0) is 26.0 Å². The molecule has 1 aromatic heterocycles. The molecule has 0 aliphatic carbocycles. The number of benzene rings is 2. The van der Waals surface area contributed by atoms with Gasteiger partial charge in [0.15, 0.2) is 9.84 Å². The van der Waals surface area contributed by atoms with Crippen LogP contribution >= 0.6 is 0 Å². The molecule has 146 valence electrons. The number of sulfone groups is 1. The average molecular weight is 400 g/mol. The summed E-state index contributed by atoms with van der Waals surface area (Å²) < 4.78 is 29.6. The predicted molar refractivity (Wildman–Crippen MR) is 107 cm³/mol. The van der Waals surface area contributed by atoms with Crippen LogP contribution in [0.2, 0.25) is 0 Å². The molecule has 1 amide bonds. The van der Waals surface area contributed by atoms with Crippen molar-refractivity contribution in [2.24, 2.45) is 0 Å². The van der Waals surface area contributed by atoms with E-state index in [2.05, 4.69) is 10.3 Å². The van der Waals surface area contributed by atoms with Crippen LogP contribution in [0.5, 0.6) is 0 Å². The molecule has 1 heterocycles. The van der Waals surface area contributed by atoms with Crippen LogP contribution < -0.4 is 10.9 Å². The second-order valence-electron chi connectivity index (χ2n) is 6.28. The van der Waals surface area contributed by atoms with Crippen molar-refractivity contribution in [3.05, 3.63) is 70.5 Å². The SMILES string of the molecule is COCc1cc(=O)[nH]c2cc(NC(=O)CCS(=O)(=O)c3ccccc3)ccc12. The van der Waals surface area contributed by atoms with Crippen LogP contribution in [0.1, 0.15) is 12.0 Å². The van der Waals surface area contributed by atoms with E-state index in [0.29, 0.717) is 17.8 Å². The fourth-order valence-electron chi connectivity index (χ4n) is 2.88. The molecule has 0 radical (unpaired) electrons. The Bertz CT molecular complexity index is 1150. The lowest BCUT2D eigenvalue weighted by Gasteiger charge is -2.09. The third kappa shape index (κ3) is 4.65. The minimum Gasteiger partial charge on any atom is -0.380 e. The van der Waals surface area contributed by atoms with E-state index < -0.39 is 15.7 Å². The number of methoxy groups -OCH3 is 1. The van der Waals surface area contributed by atoms with E-state index in [4.69, 9.17) is 4.74 Å². The van der Waals surface area contributed by atoms with Gasteiger partial charge >= 0.3 is 0 Å². The largest absolute Gasteiger partial charge is 0.380 e. The molecule has 7 nitrogen and oxygen atoms in total. The Morgan fingerprint density at radius 3 is 2.57 bits per heavy atom. The van der Waals surface area contributed by atoms with Gasteiger partial charge in [-0.25, -0.2) is 8.42 Å². The third-order valence-electron chi connectivity index (χ3n) is 4.21. The van der Waals surface area contributed by atoms with Crippen molar-refractivity contribution in [1.82, 2.24) is 4.98 Å². The highest BCUT2D eigenvalue weighted by atomic mass is 32.2. The summed E-state index contributed by atoms with van der Waals surface area (Å²) in [5.41, 5.74) is 1.51. The first-order chi connectivity index (χ1) is 13.4. The van der Waals surface area contributed by atoms with E-state index in [0.717, 1.165) is 10.9 Å².